The van der Waals surface area contributed by atoms with Crippen molar-refractivity contribution in [3.8, 4) is 0 Å². The number of primary amides is 1. The maximum atomic E-state index is 11.8. The Kier molecular flexibility index (Phi) is 4.26. The van der Waals surface area contributed by atoms with Gasteiger partial charge in [-0.25, -0.2) is 0 Å². The second kappa shape index (κ2) is 5.27. The number of amides is 2. The fraction of sp³-hybridized carbons (Fsp3) is 0.800. The largest absolute Gasteiger partial charge is 0.381 e. The number of carbonyl (C=O) groups excluding carboxylic acids is 2. The molecule has 1 rings (SSSR count). The summed E-state index contributed by atoms with van der Waals surface area (Å²) in [5, 5.41) is 14.9. The summed E-state index contributed by atoms with van der Waals surface area (Å²) in [4.78, 5) is 22.4. The molecule has 1 unspecified atom stereocenters. The smallest absolute Gasteiger partial charge is 0.248 e. The Hall–Kier alpha value is -1.14. The van der Waals surface area contributed by atoms with Crippen LogP contribution in [0.4, 0.5) is 0 Å². The van der Waals surface area contributed by atoms with Gasteiger partial charge in [0.25, 0.3) is 0 Å². The van der Waals surface area contributed by atoms with E-state index in [0.717, 1.165) is 25.9 Å². The average molecular weight is 229 g/mol. The van der Waals surface area contributed by atoms with Crippen molar-refractivity contribution in [3.63, 3.8) is 0 Å². The number of aliphatic hydroxyl groups is 1. The maximum Gasteiger partial charge on any atom is 0.248 e. The van der Waals surface area contributed by atoms with Crippen LogP contribution in [0.1, 0.15) is 19.8 Å². The van der Waals surface area contributed by atoms with Gasteiger partial charge in [0.2, 0.25) is 11.8 Å². The van der Waals surface area contributed by atoms with Gasteiger partial charge in [0.15, 0.2) is 0 Å². The number of nitrogens with two attached hydrogens (primary N) is 1. The summed E-state index contributed by atoms with van der Waals surface area (Å²) < 4.78 is 0. The van der Waals surface area contributed by atoms with Crippen LogP contribution in [-0.2, 0) is 9.59 Å². The molecule has 0 spiro atoms. The number of nitrogens with one attached hydrogen (secondary N) is 2. The lowest BCUT2D eigenvalue weighted by atomic mass is 9.80. The molecule has 1 heterocycles. The van der Waals surface area contributed by atoms with E-state index in [1.54, 1.807) is 0 Å². The summed E-state index contributed by atoms with van der Waals surface area (Å²) in [7, 11) is 0. The topological polar surface area (TPSA) is 104 Å². The fourth-order valence-electron chi connectivity index (χ4n) is 1.71. The van der Waals surface area contributed by atoms with Crippen LogP contribution < -0.4 is 16.4 Å². The predicted molar refractivity (Wildman–Crippen MR) is 58.4 cm³/mol. The van der Waals surface area contributed by atoms with Crippen molar-refractivity contribution in [3.05, 3.63) is 0 Å². The zero-order chi connectivity index (χ0) is 12.2. The summed E-state index contributed by atoms with van der Waals surface area (Å²) in [6, 6.07) is 0. The molecule has 0 bridgehead atoms. The standard InChI is InChI=1S/C10H19N3O3/c1-10(2-4-12-5-3-10)9(16)13-6-7(14)8(11)15/h7,12,14H,2-6H2,1H3,(H2,11,15)(H,13,16). The average Bonchev–Trinajstić information content (AvgIpc) is 2.26. The minimum Gasteiger partial charge on any atom is -0.381 e. The van der Waals surface area contributed by atoms with Crippen molar-refractivity contribution in [2.45, 2.75) is 25.9 Å². The third-order valence-electron chi connectivity index (χ3n) is 3.04. The fourth-order valence-corrected chi connectivity index (χ4v) is 1.71. The Morgan fingerprint density at radius 3 is 2.56 bits per heavy atom. The Morgan fingerprint density at radius 1 is 1.50 bits per heavy atom. The van der Waals surface area contributed by atoms with Gasteiger partial charge in [-0.15, -0.1) is 0 Å². The Balaban J connectivity index is 2.42. The quantitative estimate of drug-likeness (QED) is 0.463. The van der Waals surface area contributed by atoms with E-state index in [1.165, 1.54) is 0 Å². The second-order valence-electron chi connectivity index (χ2n) is 4.44. The molecule has 1 atom stereocenters. The second-order valence-corrected chi connectivity index (χ2v) is 4.44. The summed E-state index contributed by atoms with van der Waals surface area (Å²) >= 11 is 0. The summed E-state index contributed by atoms with van der Waals surface area (Å²) in [5.74, 6) is -0.954. The van der Waals surface area contributed by atoms with Crippen LogP contribution in [0.15, 0.2) is 0 Å². The van der Waals surface area contributed by atoms with Gasteiger partial charge in [0.1, 0.15) is 6.10 Å². The van der Waals surface area contributed by atoms with Gasteiger partial charge in [-0.1, -0.05) is 6.92 Å². The molecule has 1 saturated heterocycles. The molecule has 0 aromatic heterocycles. The molecule has 92 valence electrons. The maximum absolute atomic E-state index is 11.8. The number of carbonyl (C=O) groups is 2. The zero-order valence-corrected chi connectivity index (χ0v) is 9.45. The molecule has 0 aromatic rings. The molecule has 16 heavy (non-hydrogen) atoms. The van der Waals surface area contributed by atoms with Crippen molar-refractivity contribution in [1.29, 1.82) is 0 Å². The first-order valence-corrected chi connectivity index (χ1v) is 5.42. The Bertz CT molecular complexity index is 274. The molecule has 1 aliphatic rings. The lowest BCUT2D eigenvalue weighted by Crippen LogP contribution is -2.49. The molecule has 0 aromatic carbocycles. The zero-order valence-electron chi connectivity index (χ0n) is 9.45. The molecule has 6 heteroatoms. The van der Waals surface area contributed by atoms with E-state index in [0.29, 0.717) is 0 Å². The Labute approximate surface area is 94.6 Å². The highest BCUT2D eigenvalue weighted by atomic mass is 16.3. The van der Waals surface area contributed by atoms with Crippen LogP contribution in [0, 0.1) is 5.41 Å². The van der Waals surface area contributed by atoms with E-state index in [4.69, 9.17) is 10.8 Å². The molecule has 0 radical (unpaired) electrons. The first kappa shape index (κ1) is 12.9. The van der Waals surface area contributed by atoms with Gasteiger partial charge in [-0.3, -0.25) is 9.59 Å². The lowest BCUT2D eigenvalue weighted by molar-refractivity contribution is -0.133. The van der Waals surface area contributed by atoms with Crippen LogP contribution in [0.25, 0.3) is 0 Å². The highest BCUT2D eigenvalue weighted by Crippen LogP contribution is 2.27. The molecular weight excluding hydrogens is 210 g/mol. The monoisotopic (exact) mass is 229 g/mol. The SMILES string of the molecule is CC1(C(=O)NCC(O)C(N)=O)CCNCC1. The Morgan fingerprint density at radius 2 is 2.06 bits per heavy atom. The minimum atomic E-state index is -1.31. The summed E-state index contributed by atoms with van der Waals surface area (Å²) in [6.07, 6.45) is 0.200. The molecule has 6 nitrogen and oxygen atoms in total. The molecule has 2 amide bonds. The van der Waals surface area contributed by atoms with Crippen molar-refractivity contribution >= 4 is 11.8 Å². The van der Waals surface area contributed by atoms with Crippen LogP contribution in [0.5, 0.6) is 0 Å². The molecular formula is C10H19N3O3. The first-order valence-electron chi connectivity index (χ1n) is 5.42. The van der Waals surface area contributed by atoms with Gasteiger partial charge in [-0.05, 0) is 25.9 Å². The predicted octanol–water partition coefficient (Wildman–Crippen LogP) is -1.66. The van der Waals surface area contributed by atoms with E-state index in [2.05, 4.69) is 10.6 Å². The van der Waals surface area contributed by atoms with Crippen LogP contribution in [-0.4, -0.2) is 42.7 Å². The number of piperidine rings is 1. The van der Waals surface area contributed by atoms with Crippen LogP contribution in [0.2, 0.25) is 0 Å². The van der Waals surface area contributed by atoms with Gasteiger partial charge in [0.05, 0.1) is 6.54 Å². The molecule has 0 aliphatic carbocycles. The minimum absolute atomic E-state index is 0.114. The van der Waals surface area contributed by atoms with E-state index >= 15 is 0 Å². The number of hydrogen-bond acceptors (Lipinski definition) is 4. The summed E-state index contributed by atoms with van der Waals surface area (Å²) in [6.45, 7) is 3.39. The normalized spacial score (nSPS) is 21.1. The molecule has 5 N–H and O–H groups in total. The first-order chi connectivity index (χ1) is 7.46. The highest BCUT2D eigenvalue weighted by Gasteiger charge is 2.34. The van der Waals surface area contributed by atoms with Gasteiger partial charge in [-0.2, -0.15) is 0 Å². The number of aliphatic hydroxyl groups excluding tert-OH is 1. The van der Waals surface area contributed by atoms with Gasteiger partial charge < -0.3 is 21.5 Å². The molecule has 0 saturated carbocycles. The van der Waals surface area contributed by atoms with Crippen molar-refractivity contribution < 1.29 is 14.7 Å². The van der Waals surface area contributed by atoms with Gasteiger partial charge in [0, 0.05) is 5.41 Å². The third kappa shape index (κ3) is 3.18. The van der Waals surface area contributed by atoms with Crippen molar-refractivity contribution in [1.82, 2.24) is 10.6 Å². The van der Waals surface area contributed by atoms with E-state index in [9.17, 15) is 9.59 Å². The van der Waals surface area contributed by atoms with E-state index in [-0.39, 0.29) is 12.5 Å². The highest BCUT2D eigenvalue weighted by molar-refractivity contribution is 5.84. The van der Waals surface area contributed by atoms with E-state index in [1.807, 2.05) is 6.92 Å². The van der Waals surface area contributed by atoms with E-state index < -0.39 is 17.4 Å². The molecule has 1 aliphatic heterocycles. The van der Waals surface area contributed by atoms with Crippen molar-refractivity contribution in [2.24, 2.45) is 11.1 Å². The molecule has 1 fully saturated rings. The lowest BCUT2D eigenvalue weighted by Gasteiger charge is -2.32. The van der Waals surface area contributed by atoms with Crippen LogP contribution >= 0.6 is 0 Å². The summed E-state index contributed by atoms with van der Waals surface area (Å²) in [5.41, 5.74) is 4.47. The number of rotatable bonds is 4. The number of hydrogen-bond donors (Lipinski definition) is 4. The third-order valence-corrected chi connectivity index (χ3v) is 3.04. The van der Waals surface area contributed by atoms with Crippen molar-refractivity contribution in [2.75, 3.05) is 19.6 Å². The van der Waals surface area contributed by atoms with Crippen LogP contribution in [0.3, 0.4) is 0 Å². The van der Waals surface area contributed by atoms with Gasteiger partial charge >= 0.3 is 0 Å².